The summed E-state index contributed by atoms with van der Waals surface area (Å²) >= 11 is 0. The second-order valence-electron chi connectivity index (χ2n) is 11.3. The van der Waals surface area contributed by atoms with Crippen LogP contribution >= 0.6 is 0 Å². The van der Waals surface area contributed by atoms with Crippen LogP contribution in [0.15, 0.2) is 95.7 Å². The van der Waals surface area contributed by atoms with Crippen LogP contribution in [0.5, 0.6) is 0 Å². The second kappa shape index (κ2) is 10.6. The maximum absolute atomic E-state index is 13.7. The zero-order valence-corrected chi connectivity index (χ0v) is 24.1. The monoisotopic (exact) mass is 566 g/mol. The maximum Gasteiger partial charge on any atom is 0.181 e. The van der Waals surface area contributed by atoms with Gasteiger partial charge in [0.25, 0.3) is 0 Å². The molecule has 0 saturated heterocycles. The van der Waals surface area contributed by atoms with Crippen LogP contribution in [0.1, 0.15) is 64.7 Å². The molecule has 1 saturated carbocycles. The molecule has 212 valence electrons. The number of hydrogen-bond donors (Lipinski definition) is 1. The minimum atomic E-state index is -0.320. The van der Waals surface area contributed by atoms with Gasteiger partial charge in [-0.25, -0.2) is 4.98 Å². The fraction of sp³-hybridized carbons (Fsp3) is 0.194. The molecular formula is C36H30N4O3. The van der Waals surface area contributed by atoms with Gasteiger partial charge in [-0.15, -0.1) is 0 Å². The number of hydrogen-bond acceptors (Lipinski definition) is 6. The second-order valence-corrected chi connectivity index (χ2v) is 11.3. The van der Waals surface area contributed by atoms with Crippen molar-refractivity contribution in [3.8, 4) is 33.8 Å². The molecule has 3 aromatic heterocycles. The third-order valence-corrected chi connectivity index (χ3v) is 8.47. The maximum atomic E-state index is 13.7. The van der Waals surface area contributed by atoms with Gasteiger partial charge < -0.3 is 4.42 Å². The fourth-order valence-corrected chi connectivity index (χ4v) is 5.80. The van der Waals surface area contributed by atoms with Crippen LogP contribution in [-0.2, 0) is 5.41 Å². The average molecular weight is 567 g/mol. The van der Waals surface area contributed by atoms with E-state index in [1.165, 1.54) is 0 Å². The normalized spacial score (nSPS) is 13.7. The Morgan fingerprint density at radius 1 is 0.884 bits per heavy atom. The topological polar surface area (TPSA) is 102 Å². The Kier molecular flexibility index (Phi) is 6.58. The molecule has 0 bridgehead atoms. The van der Waals surface area contributed by atoms with Crippen LogP contribution in [0.4, 0.5) is 0 Å². The van der Waals surface area contributed by atoms with Crippen LogP contribution in [0.2, 0.25) is 0 Å². The molecule has 3 heterocycles. The van der Waals surface area contributed by atoms with Crippen molar-refractivity contribution < 1.29 is 14.0 Å². The molecule has 0 spiro atoms. The zero-order valence-electron chi connectivity index (χ0n) is 24.1. The summed E-state index contributed by atoms with van der Waals surface area (Å²) in [6.45, 7) is 3.90. The molecule has 1 aliphatic rings. The van der Waals surface area contributed by atoms with Gasteiger partial charge in [0.1, 0.15) is 17.2 Å². The Labute approximate surface area is 249 Å². The molecule has 7 nitrogen and oxygen atoms in total. The summed E-state index contributed by atoms with van der Waals surface area (Å²) in [5.41, 5.74) is 6.29. The van der Waals surface area contributed by atoms with Crippen LogP contribution in [-0.4, -0.2) is 31.7 Å². The summed E-state index contributed by atoms with van der Waals surface area (Å²) in [5.74, 6) is 2.06. The van der Waals surface area contributed by atoms with Gasteiger partial charge in [-0.3, -0.25) is 19.7 Å². The van der Waals surface area contributed by atoms with Crippen LogP contribution in [0, 0.1) is 6.92 Å². The number of benzene rings is 3. The number of H-pyrrole nitrogens is 1. The van der Waals surface area contributed by atoms with Crippen molar-refractivity contribution in [2.24, 2.45) is 0 Å². The number of nitrogens with zero attached hydrogens (tertiary/aromatic N) is 3. The lowest BCUT2D eigenvalue weighted by atomic mass is 9.91. The van der Waals surface area contributed by atoms with Crippen LogP contribution in [0.25, 0.3) is 44.8 Å². The van der Waals surface area contributed by atoms with E-state index in [9.17, 15) is 9.59 Å². The zero-order chi connectivity index (χ0) is 29.6. The Morgan fingerprint density at radius 2 is 1.67 bits per heavy atom. The summed E-state index contributed by atoms with van der Waals surface area (Å²) in [6, 6.07) is 25.3. The third kappa shape index (κ3) is 4.87. The number of aryl methyl sites for hydroxylation is 1. The van der Waals surface area contributed by atoms with Crippen LogP contribution in [0.3, 0.4) is 0 Å². The standard InChI is InChI=1S/C36H30N4O3/c1-3-29(41)32-28-19-25(11-12-31(28)43-33(32)23-7-5-4-6-8-23)27-20-26(10-9-22(27)2)30(42)21-36(15-16-36)35-38-34(39-40-35)24-13-17-37-18-14-24/h4-14,17-20H,3,15-16,21H2,1-2H3,(H,38,39,40). The summed E-state index contributed by atoms with van der Waals surface area (Å²) in [5, 5.41) is 8.28. The number of furan rings is 1. The van der Waals surface area contributed by atoms with Crippen molar-refractivity contribution in [2.45, 2.75) is 44.9 Å². The number of fused-ring (bicyclic) bond motifs is 1. The molecule has 43 heavy (non-hydrogen) atoms. The largest absolute Gasteiger partial charge is 0.455 e. The Hall–Kier alpha value is -5.17. The Bertz CT molecular complexity index is 1990. The molecular weight excluding hydrogens is 536 g/mol. The lowest BCUT2D eigenvalue weighted by Gasteiger charge is -2.13. The molecule has 0 radical (unpaired) electrons. The highest BCUT2D eigenvalue weighted by atomic mass is 16.3. The summed E-state index contributed by atoms with van der Waals surface area (Å²) in [6.07, 6.45) is 5.93. The van der Waals surface area contributed by atoms with Crippen molar-refractivity contribution in [3.63, 3.8) is 0 Å². The van der Waals surface area contributed by atoms with E-state index in [-0.39, 0.29) is 17.0 Å². The summed E-state index contributed by atoms with van der Waals surface area (Å²) in [7, 11) is 0. The van der Waals surface area contributed by atoms with Gasteiger partial charge in [-0.05, 0) is 66.8 Å². The highest BCUT2D eigenvalue weighted by molar-refractivity contribution is 6.12. The van der Waals surface area contributed by atoms with E-state index >= 15 is 0 Å². The molecule has 3 aromatic carbocycles. The third-order valence-electron chi connectivity index (χ3n) is 8.47. The predicted molar refractivity (Wildman–Crippen MR) is 166 cm³/mol. The smallest absolute Gasteiger partial charge is 0.181 e. The lowest BCUT2D eigenvalue weighted by molar-refractivity contribution is 0.0965. The van der Waals surface area contributed by atoms with Gasteiger partial charge in [0.15, 0.2) is 17.4 Å². The van der Waals surface area contributed by atoms with Crippen molar-refractivity contribution in [2.75, 3.05) is 0 Å². The molecule has 7 rings (SSSR count). The Morgan fingerprint density at radius 3 is 2.42 bits per heavy atom. The van der Waals surface area contributed by atoms with Gasteiger partial charge in [0, 0.05) is 52.7 Å². The van der Waals surface area contributed by atoms with Crippen molar-refractivity contribution in [3.05, 3.63) is 114 Å². The minimum Gasteiger partial charge on any atom is -0.455 e. The SMILES string of the molecule is CCC(=O)c1c(-c2ccccc2)oc2ccc(-c3cc(C(=O)CC4(c5nc(-c6ccncc6)n[nH]5)CC4)ccc3C)cc12. The highest BCUT2D eigenvalue weighted by Crippen LogP contribution is 2.50. The van der Waals surface area contributed by atoms with E-state index in [0.29, 0.717) is 41.1 Å². The van der Waals surface area contributed by atoms with Gasteiger partial charge in [-0.2, -0.15) is 5.10 Å². The van der Waals surface area contributed by atoms with Crippen molar-refractivity contribution in [1.82, 2.24) is 20.2 Å². The van der Waals surface area contributed by atoms with E-state index in [4.69, 9.17) is 9.40 Å². The van der Waals surface area contributed by atoms with E-state index in [0.717, 1.165) is 51.9 Å². The van der Waals surface area contributed by atoms with Gasteiger partial charge in [0.05, 0.1) is 5.56 Å². The first kappa shape index (κ1) is 26.7. The minimum absolute atomic E-state index is 0.0321. The molecule has 0 unspecified atom stereocenters. The molecule has 1 N–H and O–H groups in total. The lowest BCUT2D eigenvalue weighted by Crippen LogP contribution is -2.15. The van der Waals surface area contributed by atoms with E-state index in [2.05, 4.69) is 15.2 Å². The van der Waals surface area contributed by atoms with E-state index < -0.39 is 0 Å². The molecule has 1 aliphatic carbocycles. The van der Waals surface area contributed by atoms with Crippen molar-refractivity contribution in [1.29, 1.82) is 0 Å². The summed E-state index contributed by atoms with van der Waals surface area (Å²) in [4.78, 5) is 35.6. The molecule has 6 aromatic rings. The number of Topliss-reactive ketones (excluding diaryl/α,β-unsaturated/α-hetero) is 2. The Balaban J connectivity index is 1.21. The number of carbonyl (C=O) groups excluding carboxylic acids is 2. The van der Waals surface area contributed by atoms with Gasteiger partial charge in [-0.1, -0.05) is 55.5 Å². The van der Waals surface area contributed by atoms with E-state index in [1.54, 1.807) is 12.4 Å². The molecule has 0 aliphatic heterocycles. The first-order valence-corrected chi connectivity index (χ1v) is 14.6. The van der Waals surface area contributed by atoms with E-state index in [1.807, 2.05) is 92.7 Å². The molecule has 0 amide bonds. The fourth-order valence-electron chi connectivity index (χ4n) is 5.80. The van der Waals surface area contributed by atoms with Crippen LogP contribution < -0.4 is 0 Å². The molecule has 1 fully saturated rings. The number of aromatic nitrogens is 4. The number of aromatic amines is 1. The molecule has 7 heteroatoms. The number of carbonyl (C=O) groups is 2. The van der Waals surface area contributed by atoms with Gasteiger partial charge >= 0.3 is 0 Å². The highest BCUT2D eigenvalue weighted by Gasteiger charge is 2.49. The van der Waals surface area contributed by atoms with Crippen molar-refractivity contribution >= 4 is 22.5 Å². The predicted octanol–water partition coefficient (Wildman–Crippen LogP) is 8.15. The number of nitrogens with one attached hydrogen (secondary N) is 1. The summed E-state index contributed by atoms with van der Waals surface area (Å²) < 4.78 is 6.23. The first-order valence-electron chi connectivity index (χ1n) is 14.6. The number of ketones is 2. The number of rotatable bonds is 9. The average Bonchev–Trinajstić information content (AvgIpc) is 3.46. The first-order chi connectivity index (χ1) is 21.0. The molecule has 0 atom stereocenters. The quantitative estimate of drug-likeness (QED) is 0.177. The van der Waals surface area contributed by atoms with Gasteiger partial charge in [0.2, 0.25) is 0 Å². The number of pyridine rings is 1.